The molecule has 2 unspecified atom stereocenters. The van der Waals surface area contributed by atoms with E-state index >= 15 is 0 Å². The van der Waals surface area contributed by atoms with E-state index in [2.05, 4.69) is 6.92 Å². The van der Waals surface area contributed by atoms with Crippen LogP contribution >= 0.6 is 0 Å². The smallest absolute Gasteiger partial charge is 0.748 e. The second-order valence-corrected chi connectivity index (χ2v) is 10.2. The zero-order valence-electron chi connectivity index (χ0n) is 19.7. The van der Waals surface area contributed by atoms with Gasteiger partial charge in [0.05, 0.1) is 16.2 Å². The number of hydrogen-bond donors (Lipinski definition) is 1. The molecule has 170 valence electrons. The molecule has 29 heavy (non-hydrogen) atoms. The van der Waals surface area contributed by atoms with Crippen LogP contribution in [0.2, 0.25) is 0 Å². The van der Waals surface area contributed by atoms with Crippen LogP contribution in [0.15, 0.2) is 0 Å². The summed E-state index contributed by atoms with van der Waals surface area (Å²) in [7, 11) is -4.14. The number of rotatable bonds is 21. The second-order valence-electron chi connectivity index (χ2n) is 8.52. The Morgan fingerprint density at radius 3 is 1.38 bits per heavy atom. The van der Waals surface area contributed by atoms with E-state index in [1.54, 1.807) is 0 Å². The van der Waals surface area contributed by atoms with E-state index in [9.17, 15) is 18.1 Å². The summed E-state index contributed by atoms with van der Waals surface area (Å²) in [5.74, 6) is 0. The van der Waals surface area contributed by atoms with Crippen LogP contribution in [0.1, 0.15) is 136 Å². The zero-order chi connectivity index (χ0) is 21.1. The third kappa shape index (κ3) is 21.9. The Hall–Kier alpha value is 0.870. The van der Waals surface area contributed by atoms with Gasteiger partial charge in [0.15, 0.2) is 0 Å². The summed E-state index contributed by atoms with van der Waals surface area (Å²) < 4.78 is 33.8. The van der Waals surface area contributed by atoms with Gasteiger partial charge in [-0.2, -0.15) is 0 Å². The van der Waals surface area contributed by atoms with E-state index in [1.807, 2.05) is 6.92 Å². The van der Waals surface area contributed by atoms with Crippen LogP contribution in [0, 0.1) is 0 Å². The van der Waals surface area contributed by atoms with E-state index in [0.717, 1.165) is 70.6 Å². The minimum absolute atomic E-state index is 0. The van der Waals surface area contributed by atoms with Gasteiger partial charge < -0.3 is 9.66 Å². The molecule has 0 amide bonds. The van der Waals surface area contributed by atoms with Gasteiger partial charge in [-0.3, -0.25) is 0 Å². The van der Waals surface area contributed by atoms with Gasteiger partial charge in [0.1, 0.15) is 0 Å². The van der Waals surface area contributed by atoms with Crippen molar-refractivity contribution in [3.8, 4) is 0 Å². The fourth-order valence-corrected chi connectivity index (χ4v) is 4.72. The van der Waals surface area contributed by atoms with Crippen molar-refractivity contribution < 1.29 is 47.6 Å². The average molecular weight is 443 g/mol. The fourth-order valence-electron chi connectivity index (χ4n) is 3.81. The molecule has 0 aliphatic carbocycles. The van der Waals surface area contributed by atoms with Crippen LogP contribution in [0.4, 0.5) is 0 Å². The second kappa shape index (κ2) is 22.1. The maximum Gasteiger partial charge on any atom is 1.00 e. The van der Waals surface area contributed by atoms with Crippen molar-refractivity contribution in [2.45, 2.75) is 147 Å². The van der Waals surface area contributed by atoms with Crippen LogP contribution < -0.4 is 29.6 Å². The van der Waals surface area contributed by atoms with E-state index in [-0.39, 0.29) is 35.7 Å². The molecule has 0 aromatic heterocycles. The van der Waals surface area contributed by atoms with Crippen molar-refractivity contribution in [2.24, 2.45) is 0 Å². The van der Waals surface area contributed by atoms with Crippen LogP contribution in [0.3, 0.4) is 0 Å². The van der Waals surface area contributed by atoms with E-state index in [0.29, 0.717) is 12.8 Å². The van der Waals surface area contributed by atoms with Gasteiger partial charge in [0.2, 0.25) is 0 Å². The molecule has 0 rings (SSSR count). The first-order valence-corrected chi connectivity index (χ1v) is 13.5. The van der Waals surface area contributed by atoms with Crippen molar-refractivity contribution in [1.82, 2.24) is 0 Å². The summed E-state index contributed by atoms with van der Waals surface area (Å²) in [5, 5.41) is 9.37. The number of unbranched alkanes of at least 4 members (excludes halogenated alkanes) is 12. The van der Waals surface area contributed by atoms with Crippen LogP contribution in [0.25, 0.3) is 0 Å². The maximum atomic E-state index is 11.3. The van der Waals surface area contributed by atoms with Crippen LogP contribution in [0.5, 0.6) is 0 Å². The van der Waals surface area contributed by atoms with Crippen molar-refractivity contribution in [1.29, 1.82) is 0 Å². The molecule has 0 aromatic carbocycles. The Bertz CT molecular complexity index is 429. The van der Waals surface area contributed by atoms with Gasteiger partial charge in [-0.25, -0.2) is 8.42 Å². The van der Waals surface area contributed by atoms with E-state index < -0.39 is 15.4 Å². The Labute approximate surface area is 204 Å². The Balaban J connectivity index is 0. The van der Waals surface area contributed by atoms with Crippen molar-refractivity contribution in [3.63, 3.8) is 0 Å². The zero-order valence-corrected chi connectivity index (χ0v) is 22.5. The van der Waals surface area contributed by atoms with Gasteiger partial charge in [-0.05, 0) is 25.7 Å². The molecule has 6 heteroatoms. The molecule has 0 spiro atoms. The van der Waals surface area contributed by atoms with Gasteiger partial charge in [-0.15, -0.1) is 0 Å². The molecular weight excluding hydrogens is 395 g/mol. The molecular formula is C23H47NaO4S. The average Bonchev–Trinajstić information content (AvgIpc) is 2.64. The van der Waals surface area contributed by atoms with E-state index in [1.165, 1.54) is 38.5 Å². The fraction of sp³-hybridized carbons (Fsp3) is 1.00. The molecule has 0 heterocycles. The minimum Gasteiger partial charge on any atom is -0.748 e. The van der Waals surface area contributed by atoms with Gasteiger partial charge in [-0.1, -0.05) is 110 Å². The maximum absolute atomic E-state index is 11.3. The Kier molecular flexibility index (Phi) is 24.4. The molecule has 1 N–H and O–H groups in total. The van der Waals surface area contributed by atoms with Crippen molar-refractivity contribution in [3.05, 3.63) is 0 Å². The molecule has 4 nitrogen and oxygen atoms in total. The summed E-state index contributed by atoms with van der Waals surface area (Å²) in [4.78, 5) is 0. The molecule has 0 saturated carbocycles. The quantitative estimate of drug-likeness (QED) is 0.167. The third-order valence-corrected chi connectivity index (χ3v) is 7.03. The standard InChI is InChI=1S/C23H48O4S.Na/c1-3-5-7-8-9-12-15-18-22(24)19-16-13-10-11-14-17-21-23(20-6-4-2)28(25,26)27;/h22-24H,3-21H2,1-2H3,(H,25,26,27);/q;+1/p-1. The molecule has 2 atom stereocenters. The summed E-state index contributed by atoms with van der Waals surface area (Å²) >= 11 is 0. The molecule has 0 bridgehead atoms. The largest absolute Gasteiger partial charge is 1.00 e. The summed E-state index contributed by atoms with van der Waals surface area (Å²) in [6.07, 6.45) is 19.8. The van der Waals surface area contributed by atoms with Gasteiger partial charge in [0.25, 0.3) is 0 Å². The summed E-state index contributed by atoms with van der Waals surface area (Å²) in [6, 6.07) is 0. The minimum atomic E-state index is -4.14. The van der Waals surface area contributed by atoms with Gasteiger partial charge >= 0.3 is 29.6 Å². The topological polar surface area (TPSA) is 77.4 Å². The van der Waals surface area contributed by atoms with E-state index in [4.69, 9.17) is 0 Å². The monoisotopic (exact) mass is 442 g/mol. The normalized spacial score (nSPS) is 13.8. The molecule has 0 fully saturated rings. The predicted molar refractivity (Wildman–Crippen MR) is 119 cm³/mol. The Morgan fingerprint density at radius 1 is 0.621 bits per heavy atom. The first kappa shape index (κ1) is 32.1. The van der Waals surface area contributed by atoms with Gasteiger partial charge in [0, 0.05) is 5.25 Å². The third-order valence-electron chi connectivity index (χ3n) is 5.74. The summed E-state index contributed by atoms with van der Waals surface area (Å²) in [5.41, 5.74) is 0. The van der Waals surface area contributed by atoms with Crippen molar-refractivity contribution in [2.75, 3.05) is 0 Å². The van der Waals surface area contributed by atoms with Crippen LogP contribution in [-0.2, 0) is 10.1 Å². The number of aliphatic hydroxyl groups is 1. The summed E-state index contributed by atoms with van der Waals surface area (Å²) in [6.45, 7) is 4.25. The predicted octanol–water partition coefficient (Wildman–Crippen LogP) is 3.72. The number of hydrogen-bond acceptors (Lipinski definition) is 4. The molecule has 0 aliphatic rings. The SMILES string of the molecule is CCCCCCCCCC(O)CCCCCCCCC(CCCC)S(=O)(=O)[O-].[Na+]. The molecule has 0 aliphatic heterocycles. The number of aliphatic hydroxyl groups excluding tert-OH is 1. The van der Waals surface area contributed by atoms with Crippen LogP contribution in [-0.4, -0.2) is 29.4 Å². The van der Waals surface area contributed by atoms with Crippen molar-refractivity contribution >= 4 is 10.1 Å². The Morgan fingerprint density at radius 2 is 0.966 bits per heavy atom. The first-order valence-electron chi connectivity index (χ1n) is 12.0. The molecule has 0 aromatic rings. The molecule has 0 radical (unpaired) electrons. The first-order chi connectivity index (χ1) is 13.4. The molecule has 0 saturated heterocycles.